The monoisotopic (exact) mass is 617 g/mol. The Balaban J connectivity index is 2.02. The summed E-state index contributed by atoms with van der Waals surface area (Å²) in [6, 6.07) is 19.7. The first-order chi connectivity index (χ1) is 19.4. The normalized spacial score (nSPS) is 12.2. The molecule has 1 unspecified atom stereocenters. The molecular weight excluding hydrogens is 581 g/mol. The molecule has 10 heteroatoms. The Morgan fingerprint density at radius 3 is 2.17 bits per heavy atom. The Kier molecular flexibility index (Phi) is 11.6. The van der Waals surface area contributed by atoms with Crippen LogP contribution in [0.1, 0.15) is 38.3 Å². The van der Waals surface area contributed by atoms with Crippen molar-refractivity contribution in [1.82, 2.24) is 10.2 Å². The number of hydrogen-bond acceptors (Lipinski definition) is 4. The third-order valence-electron chi connectivity index (χ3n) is 6.63. The van der Waals surface area contributed by atoms with Gasteiger partial charge in [-0.05, 0) is 61.6 Å². The first kappa shape index (κ1) is 32.4. The molecule has 41 heavy (non-hydrogen) atoms. The van der Waals surface area contributed by atoms with Gasteiger partial charge in [0.05, 0.1) is 20.6 Å². The lowest BCUT2D eigenvalue weighted by Crippen LogP contribution is -2.53. The molecule has 220 valence electrons. The van der Waals surface area contributed by atoms with Gasteiger partial charge in [-0.25, -0.2) is 8.42 Å². The third-order valence-corrected chi connectivity index (χ3v) is 9.16. The fraction of sp³-hybridized carbons (Fsp3) is 0.355. The number of rotatable bonds is 13. The number of benzene rings is 3. The highest BCUT2D eigenvalue weighted by molar-refractivity contribution is 7.92. The first-order valence-electron chi connectivity index (χ1n) is 13.6. The van der Waals surface area contributed by atoms with Crippen molar-refractivity contribution in [3.63, 3.8) is 0 Å². The van der Waals surface area contributed by atoms with Gasteiger partial charge in [0.1, 0.15) is 12.6 Å². The average Bonchev–Trinajstić information content (AvgIpc) is 2.94. The van der Waals surface area contributed by atoms with Gasteiger partial charge in [-0.2, -0.15) is 0 Å². The van der Waals surface area contributed by atoms with Gasteiger partial charge in [0, 0.05) is 13.1 Å². The predicted octanol–water partition coefficient (Wildman–Crippen LogP) is 6.12. The SMILES string of the molecule is CCC(C(=O)NCC(C)C)N(CCc1ccccc1)C(=O)CN(c1ccc(Cl)c(Cl)c1)S(=O)(=O)c1ccc(C)cc1. The fourth-order valence-electron chi connectivity index (χ4n) is 4.32. The molecule has 0 aliphatic carbocycles. The maximum absolute atomic E-state index is 14.1. The van der Waals surface area contributed by atoms with Crippen molar-refractivity contribution >= 4 is 50.7 Å². The zero-order chi connectivity index (χ0) is 30.2. The number of carbonyl (C=O) groups is 2. The molecule has 0 radical (unpaired) electrons. The van der Waals surface area contributed by atoms with Gasteiger partial charge in [0.25, 0.3) is 10.0 Å². The number of aryl methyl sites for hydroxylation is 1. The molecule has 7 nitrogen and oxygen atoms in total. The lowest BCUT2D eigenvalue weighted by molar-refractivity contribution is -0.139. The second-order valence-corrected chi connectivity index (χ2v) is 13.0. The smallest absolute Gasteiger partial charge is 0.264 e. The summed E-state index contributed by atoms with van der Waals surface area (Å²) in [5.74, 6) is -0.547. The summed E-state index contributed by atoms with van der Waals surface area (Å²) < 4.78 is 28.9. The second-order valence-electron chi connectivity index (χ2n) is 10.3. The standard InChI is InChI=1S/C31H37Cl2N3O4S/c1-5-29(31(38)34-20-22(2)3)35(18-17-24-9-7-6-8-10-24)30(37)21-36(25-13-16-27(32)28(33)19-25)41(39,40)26-14-11-23(4)12-15-26/h6-16,19,22,29H,5,17-18,20-21H2,1-4H3,(H,34,38). The van der Waals surface area contributed by atoms with Gasteiger partial charge in [-0.3, -0.25) is 13.9 Å². The van der Waals surface area contributed by atoms with Crippen LogP contribution in [0.3, 0.4) is 0 Å². The minimum atomic E-state index is -4.19. The Bertz CT molecular complexity index is 1430. The minimum Gasteiger partial charge on any atom is -0.354 e. The van der Waals surface area contributed by atoms with Crippen molar-refractivity contribution < 1.29 is 18.0 Å². The van der Waals surface area contributed by atoms with Gasteiger partial charge in [-0.15, -0.1) is 0 Å². The van der Waals surface area contributed by atoms with Crippen LogP contribution >= 0.6 is 23.2 Å². The maximum Gasteiger partial charge on any atom is 0.264 e. The van der Waals surface area contributed by atoms with E-state index in [0.29, 0.717) is 19.4 Å². The number of amides is 2. The molecule has 3 aromatic rings. The molecule has 0 aliphatic heterocycles. The zero-order valence-corrected chi connectivity index (χ0v) is 26.1. The molecule has 0 spiro atoms. The highest BCUT2D eigenvalue weighted by Gasteiger charge is 2.33. The molecular formula is C31H37Cl2N3O4S. The summed E-state index contributed by atoms with van der Waals surface area (Å²) in [6.45, 7) is 7.84. The van der Waals surface area contributed by atoms with Crippen LogP contribution in [0.4, 0.5) is 5.69 Å². The number of nitrogens with one attached hydrogen (secondary N) is 1. The van der Waals surface area contributed by atoms with Crippen LogP contribution < -0.4 is 9.62 Å². The molecule has 0 saturated carbocycles. The number of carbonyl (C=O) groups excluding carboxylic acids is 2. The highest BCUT2D eigenvalue weighted by Crippen LogP contribution is 2.31. The summed E-state index contributed by atoms with van der Waals surface area (Å²) in [5.41, 5.74) is 2.08. The van der Waals surface area contributed by atoms with Crippen molar-refractivity contribution in [2.24, 2.45) is 5.92 Å². The summed E-state index contributed by atoms with van der Waals surface area (Å²) in [5, 5.41) is 3.34. The Morgan fingerprint density at radius 2 is 1.59 bits per heavy atom. The number of halogens is 2. The largest absolute Gasteiger partial charge is 0.354 e. The van der Waals surface area contributed by atoms with Crippen LogP contribution in [-0.2, 0) is 26.0 Å². The summed E-state index contributed by atoms with van der Waals surface area (Å²) in [6.07, 6.45) is 0.861. The van der Waals surface area contributed by atoms with E-state index in [1.54, 1.807) is 12.1 Å². The number of nitrogens with zero attached hydrogens (tertiary/aromatic N) is 2. The van der Waals surface area contributed by atoms with E-state index in [9.17, 15) is 18.0 Å². The molecule has 0 bridgehead atoms. The van der Waals surface area contributed by atoms with Gasteiger partial charge in [0.15, 0.2) is 0 Å². The number of hydrogen-bond donors (Lipinski definition) is 1. The topological polar surface area (TPSA) is 86.8 Å². The van der Waals surface area contributed by atoms with E-state index < -0.39 is 28.5 Å². The lowest BCUT2D eigenvalue weighted by Gasteiger charge is -2.33. The van der Waals surface area contributed by atoms with E-state index in [4.69, 9.17) is 23.2 Å². The Morgan fingerprint density at radius 1 is 0.927 bits per heavy atom. The van der Waals surface area contributed by atoms with E-state index in [1.807, 2.05) is 58.0 Å². The molecule has 1 atom stereocenters. The lowest BCUT2D eigenvalue weighted by atomic mass is 10.1. The van der Waals surface area contributed by atoms with Crippen LogP contribution in [0.15, 0.2) is 77.7 Å². The molecule has 3 rings (SSSR count). The van der Waals surface area contributed by atoms with Crippen molar-refractivity contribution in [2.75, 3.05) is 23.9 Å². The third kappa shape index (κ3) is 8.71. The quantitative estimate of drug-likeness (QED) is 0.250. The van der Waals surface area contributed by atoms with E-state index in [2.05, 4.69) is 5.32 Å². The van der Waals surface area contributed by atoms with Crippen LogP contribution in [0, 0.1) is 12.8 Å². The Hall–Kier alpha value is -3.07. The summed E-state index contributed by atoms with van der Waals surface area (Å²) in [7, 11) is -4.19. The summed E-state index contributed by atoms with van der Waals surface area (Å²) in [4.78, 5) is 28.8. The van der Waals surface area contributed by atoms with Crippen LogP contribution in [0.25, 0.3) is 0 Å². The maximum atomic E-state index is 14.1. The molecule has 0 aliphatic rings. The predicted molar refractivity (Wildman–Crippen MR) is 166 cm³/mol. The van der Waals surface area contributed by atoms with E-state index in [1.165, 1.54) is 35.2 Å². The van der Waals surface area contributed by atoms with Gasteiger partial charge in [-0.1, -0.05) is 92.0 Å². The molecule has 0 heterocycles. The van der Waals surface area contributed by atoms with Crippen molar-refractivity contribution in [1.29, 1.82) is 0 Å². The van der Waals surface area contributed by atoms with Gasteiger partial charge < -0.3 is 10.2 Å². The zero-order valence-electron chi connectivity index (χ0n) is 23.8. The van der Waals surface area contributed by atoms with Crippen LogP contribution in [0.5, 0.6) is 0 Å². The van der Waals surface area contributed by atoms with Crippen LogP contribution in [0.2, 0.25) is 10.0 Å². The van der Waals surface area contributed by atoms with Crippen LogP contribution in [-0.4, -0.2) is 50.8 Å². The first-order valence-corrected chi connectivity index (χ1v) is 15.8. The number of anilines is 1. The molecule has 3 aromatic carbocycles. The van der Waals surface area contributed by atoms with E-state index in [-0.39, 0.29) is 39.0 Å². The van der Waals surface area contributed by atoms with E-state index >= 15 is 0 Å². The average molecular weight is 619 g/mol. The minimum absolute atomic E-state index is 0.0273. The van der Waals surface area contributed by atoms with E-state index in [0.717, 1.165) is 15.4 Å². The Labute approximate surface area is 253 Å². The molecule has 0 fully saturated rings. The molecule has 0 saturated heterocycles. The van der Waals surface area contributed by atoms with Crippen molar-refractivity contribution in [3.05, 3.63) is 94.0 Å². The molecule has 1 N–H and O–H groups in total. The summed E-state index contributed by atoms with van der Waals surface area (Å²) >= 11 is 12.4. The van der Waals surface area contributed by atoms with Gasteiger partial charge >= 0.3 is 0 Å². The number of sulfonamides is 1. The fourth-order valence-corrected chi connectivity index (χ4v) is 6.02. The van der Waals surface area contributed by atoms with Crippen molar-refractivity contribution in [3.8, 4) is 0 Å². The second kappa shape index (κ2) is 14.7. The molecule has 2 amide bonds. The van der Waals surface area contributed by atoms with Crippen molar-refractivity contribution in [2.45, 2.75) is 51.5 Å². The highest BCUT2D eigenvalue weighted by atomic mass is 35.5. The van der Waals surface area contributed by atoms with Gasteiger partial charge in [0.2, 0.25) is 11.8 Å². The molecule has 0 aromatic heterocycles.